The average molecular weight is 476 g/mol. The van der Waals surface area contributed by atoms with Gasteiger partial charge in [-0.25, -0.2) is 13.4 Å². The number of hydrogen-bond acceptors (Lipinski definition) is 5. The number of para-hydroxylation sites is 1. The van der Waals surface area contributed by atoms with Gasteiger partial charge in [-0.05, 0) is 36.4 Å². The summed E-state index contributed by atoms with van der Waals surface area (Å²) in [5.74, 6) is -1.07. The van der Waals surface area contributed by atoms with E-state index in [4.69, 9.17) is 11.6 Å². The molecule has 0 aliphatic carbocycles. The van der Waals surface area contributed by atoms with Gasteiger partial charge < -0.3 is 0 Å². The van der Waals surface area contributed by atoms with Crippen LogP contribution < -0.4 is 10.3 Å². The highest BCUT2D eigenvalue weighted by atomic mass is 35.5. The van der Waals surface area contributed by atoms with Crippen molar-refractivity contribution in [1.82, 2.24) is 15.2 Å². The monoisotopic (exact) mass is 475 g/mol. The molecule has 3 rings (SSSR count). The lowest BCUT2D eigenvalue weighted by Gasteiger charge is -2.12. The van der Waals surface area contributed by atoms with Gasteiger partial charge in [0, 0.05) is 15.3 Å². The Hall–Kier alpha value is -2.34. The second-order valence-corrected chi connectivity index (χ2v) is 9.05. The van der Waals surface area contributed by atoms with Crippen LogP contribution in [-0.4, -0.2) is 25.1 Å². The first kappa shape index (κ1) is 22.3. The number of alkyl halides is 3. The number of amides is 1. The van der Waals surface area contributed by atoms with Gasteiger partial charge in [0.25, 0.3) is 10.0 Å². The molecule has 3 aromatic rings. The van der Waals surface area contributed by atoms with Gasteiger partial charge >= 0.3 is 6.18 Å². The lowest BCUT2D eigenvalue weighted by atomic mass is 10.2. The number of thioether (sulfide) groups is 1. The highest BCUT2D eigenvalue weighted by Crippen LogP contribution is 2.34. The van der Waals surface area contributed by atoms with Gasteiger partial charge in [-0.3, -0.25) is 10.2 Å². The van der Waals surface area contributed by atoms with Crippen molar-refractivity contribution in [3.63, 3.8) is 0 Å². The van der Waals surface area contributed by atoms with E-state index in [0.717, 1.165) is 17.8 Å². The van der Waals surface area contributed by atoms with Crippen molar-refractivity contribution in [3.05, 3.63) is 65.3 Å². The van der Waals surface area contributed by atoms with Crippen molar-refractivity contribution in [3.8, 4) is 0 Å². The van der Waals surface area contributed by atoms with Crippen molar-refractivity contribution in [2.45, 2.75) is 16.0 Å². The van der Waals surface area contributed by atoms with Crippen molar-refractivity contribution in [2.24, 2.45) is 0 Å². The normalized spacial score (nSPS) is 12.1. The summed E-state index contributed by atoms with van der Waals surface area (Å²) in [6, 6.07) is 12.4. The topological polar surface area (TPSA) is 88.2 Å². The fourth-order valence-electron chi connectivity index (χ4n) is 2.38. The van der Waals surface area contributed by atoms with E-state index in [1.807, 2.05) is 10.3 Å². The van der Waals surface area contributed by atoms with E-state index in [1.165, 1.54) is 30.3 Å². The zero-order valence-electron chi connectivity index (χ0n) is 14.9. The number of benzene rings is 2. The lowest BCUT2D eigenvalue weighted by molar-refractivity contribution is -0.141. The SMILES string of the molecule is O=C(CSc1cc(C(F)(F)F)nc2ccccc12)NNS(=O)(=O)c1ccc(Cl)cc1. The minimum Gasteiger partial charge on any atom is -0.277 e. The quantitative estimate of drug-likeness (QED) is 0.415. The summed E-state index contributed by atoms with van der Waals surface area (Å²) < 4.78 is 63.6. The Morgan fingerprint density at radius 2 is 1.77 bits per heavy atom. The highest BCUT2D eigenvalue weighted by Gasteiger charge is 2.33. The van der Waals surface area contributed by atoms with Crippen molar-refractivity contribution in [1.29, 1.82) is 0 Å². The summed E-state index contributed by atoms with van der Waals surface area (Å²) in [6.45, 7) is 0. The molecule has 12 heteroatoms. The summed E-state index contributed by atoms with van der Waals surface area (Å²) in [6.07, 6.45) is -4.64. The number of hydrogen-bond donors (Lipinski definition) is 2. The highest BCUT2D eigenvalue weighted by molar-refractivity contribution is 8.00. The molecule has 2 aromatic carbocycles. The molecule has 2 N–H and O–H groups in total. The first-order valence-electron chi connectivity index (χ1n) is 8.22. The van der Waals surface area contributed by atoms with Gasteiger partial charge in [-0.15, -0.1) is 16.6 Å². The number of hydrazine groups is 1. The van der Waals surface area contributed by atoms with E-state index in [9.17, 15) is 26.4 Å². The van der Waals surface area contributed by atoms with Crippen LogP contribution in [0.4, 0.5) is 13.2 Å². The van der Waals surface area contributed by atoms with E-state index in [-0.39, 0.29) is 21.1 Å². The van der Waals surface area contributed by atoms with E-state index in [0.29, 0.717) is 10.4 Å². The Kier molecular flexibility index (Phi) is 6.56. The number of aromatic nitrogens is 1. The number of rotatable bonds is 6. The molecule has 158 valence electrons. The standard InChI is InChI=1S/C18H13ClF3N3O3S2/c19-11-5-7-12(8-6-11)30(27,28)25-24-17(26)10-29-15-9-16(18(20,21)22)23-14-4-2-1-3-13(14)15/h1-9,25H,10H2,(H,24,26). The Balaban J connectivity index is 1.70. The summed E-state index contributed by atoms with van der Waals surface area (Å²) in [5.41, 5.74) is 1.09. The summed E-state index contributed by atoms with van der Waals surface area (Å²) in [5, 5.41) is 0.794. The van der Waals surface area contributed by atoms with E-state index in [2.05, 4.69) is 4.98 Å². The zero-order valence-corrected chi connectivity index (χ0v) is 17.3. The summed E-state index contributed by atoms with van der Waals surface area (Å²) >= 11 is 6.54. The molecule has 0 aliphatic heterocycles. The van der Waals surface area contributed by atoms with Crippen molar-refractivity contribution in [2.75, 3.05) is 5.75 Å². The van der Waals surface area contributed by atoms with Gasteiger partial charge in [-0.1, -0.05) is 29.8 Å². The van der Waals surface area contributed by atoms with Crippen LogP contribution in [0.25, 0.3) is 10.9 Å². The van der Waals surface area contributed by atoms with Crippen LogP contribution in [-0.2, 0) is 21.0 Å². The maximum absolute atomic E-state index is 13.1. The van der Waals surface area contributed by atoms with Gasteiger partial charge in [0.1, 0.15) is 5.69 Å². The van der Waals surface area contributed by atoms with E-state index in [1.54, 1.807) is 18.2 Å². The molecule has 0 atom stereocenters. The first-order valence-corrected chi connectivity index (χ1v) is 11.1. The number of carbonyl (C=O) groups excluding carboxylic acids is 1. The van der Waals surface area contributed by atoms with Gasteiger partial charge in [0.05, 0.1) is 16.2 Å². The molecule has 0 saturated carbocycles. The predicted octanol–water partition coefficient (Wildman–Crippen LogP) is 4.01. The molecule has 0 radical (unpaired) electrons. The van der Waals surface area contributed by atoms with Crippen LogP contribution in [0.1, 0.15) is 5.69 Å². The average Bonchev–Trinajstić information content (AvgIpc) is 2.70. The molecule has 0 saturated heterocycles. The molecule has 1 aromatic heterocycles. The van der Waals surface area contributed by atoms with Gasteiger partial charge in [-0.2, -0.15) is 13.2 Å². The second-order valence-electron chi connectivity index (χ2n) is 5.92. The number of halogens is 4. The van der Waals surface area contributed by atoms with Crippen molar-refractivity contribution < 1.29 is 26.4 Å². The summed E-state index contributed by atoms with van der Waals surface area (Å²) in [4.78, 5) is 17.7. The van der Waals surface area contributed by atoms with E-state index >= 15 is 0 Å². The molecular weight excluding hydrogens is 463 g/mol. The molecule has 0 bridgehead atoms. The molecule has 0 fully saturated rings. The number of fused-ring (bicyclic) bond motifs is 1. The predicted molar refractivity (Wildman–Crippen MR) is 107 cm³/mol. The van der Waals surface area contributed by atoms with Crippen LogP contribution in [0.5, 0.6) is 0 Å². The third kappa shape index (κ3) is 5.42. The number of pyridine rings is 1. The Morgan fingerprint density at radius 3 is 2.43 bits per heavy atom. The molecule has 1 amide bonds. The number of sulfonamides is 1. The van der Waals surface area contributed by atoms with Crippen LogP contribution in [0.3, 0.4) is 0 Å². The second kappa shape index (κ2) is 8.80. The molecular formula is C18H13ClF3N3O3S2. The number of carbonyl (C=O) groups is 1. The molecule has 0 unspecified atom stereocenters. The maximum Gasteiger partial charge on any atom is 0.433 e. The number of nitrogens with zero attached hydrogens (tertiary/aromatic N) is 1. The Morgan fingerprint density at radius 1 is 1.10 bits per heavy atom. The van der Waals surface area contributed by atoms with Crippen molar-refractivity contribution >= 4 is 50.2 Å². The molecule has 0 aliphatic rings. The zero-order chi connectivity index (χ0) is 21.9. The third-order valence-electron chi connectivity index (χ3n) is 3.78. The fourth-order valence-corrected chi connectivity index (χ4v) is 4.25. The van der Waals surface area contributed by atoms with Crippen LogP contribution in [0, 0.1) is 0 Å². The lowest BCUT2D eigenvalue weighted by Crippen LogP contribution is -2.42. The van der Waals surface area contributed by atoms with E-state index < -0.39 is 27.8 Å². The molecule has 0 spiro atoms. The molecule has 30 heavy (non-hydrogen) atoms. The maximum atomic E-state index is 13.1. The summed E-state index contributed by atoms with van der Waals surface area (Å²) in [7, 11) is -4.02. The Labute approximate surface area is 178 Å². The van der Waals surface area contributed by atoms with Crippen LogP contribution in [0.15, 0.2) is 64.4 Å². The van der Waals surface area contributed by atoms with Gasteiger partial charge in [0.15, 0.2) is 0 Å². The number of nitrogens with one attached hydrogen (secondary N) is 2. The fraction of sp³-hybridized carbons (Fsp3) is 0.111. The van der Waals surface area contributed by atoms with Gasteiger partial charge in [0.2, 0.25) is 5.91 Å². The van der Waals surface area contributed by atoms with Crippen LogP contribution in [0.2, 0.25) is 5.02 Å². The smallest absolute Gasteiger partial charge is 0.277 e. The first-order chi connectivity index (χ1) is 14.1. The minimum atomic E-state index is -4.64. The minimum absolute atomic E-state index is 0.116. The van der Waals surface area contributed by atoms with Crippen LogP contribution >= 0.6 is 23.4 Å². The largest absolute Gasteiger partial charge is 0.433 e. The molecule has 1 heterocycles. The Bertz CT molecular complexity index is 1190. The third-order valence-corrected chi connectivity index (χ3v) is 6.35. The molecule has 6 nitrogen and oxygen atoms in total.